The highest BCUT2D eigenvalue weighted by Gasteiger charge is 2.18. The third kappa shape index (κ3) is 3.67. The maximum atomic E-state index is 10.7. The van der Waals surface area contributed by atoms with Crippen LogP contribution in [-0.2, 0) is 0 Å². The average Bonchev–Trinajstić information content (AvgIpc) is 2.13. The summed E-state index contributed by atoms with van der Waals surface area (Å²) in [5.41, 5.74) is 5.04. The number of hydrogen-bond acceptors (Lipinski definition) is 4. The fraction of sp³-hybridized carbons (Fsp3) is 0.400. The predicted molar refractivity (Wildman–Crippen MR) is 61.9 cm³/mol. The summed E-state index contributed by atoms with van der Waals surface area (Å²) in [5, 5.41) is 11.1. The molecular formula is C10H13ClN2O3. The second kappa shape index (κ2) is 4.67. The molecule has 0 saturated carbocycles. The van der Waals surface area contributed by atoms with Crippen LogP contribution in [0.3, 0.4) is 0 Å². The molecule has 0 spiro atoms. The molecule has 0 aliphatic rings. The lowest BCUT2D eigenvalue weighted by Gasteiger charge is -2.18. The second-order valence-electron chi connectivity index (χ2n) is 4.15. The molecule has 0 aliphatic carbocycles. The van der Waals surface area contributed by atoms with Crippen molar-refractivity contribution in [3.05, 3.63) is 33.3 Å². The van der Waals surface area contributed by atoms with Gasteiger partial charge in [-0.25, -0.2) is 0 Å². The summed E-state index contributed by atoms with van der Waals surface area (Å²) in [6.45, 7) is 3.71. The van der Waals surface area contributed by atoms with E-state index in [1.807, 2.05) is 0 Å². The molecule has 0 aliphatic heterocycles. The molecule has 0 atom stereocenters. The van der Waals surface area contributed by atoms with Crippen LogP contribution in [0.4, 0.5) is 5.69 Å². The van der Waals surface area contributed by atoms with Crippen LogP contribution in [0.5, 0.6) is 5.75 Å². The van der Waals surface area contributed by atoms with Crippen molar-refractivity contribution in [3.63, 3.8) is 0 Å². The van der Waals surface area contributed by atoms with E-state index >= 15 is 0 Å². The van der Waals surface area contributed by atoms with E-state index in [0.29, 0.717) is 5.02 Å². The molecule has 2 N–H and O–H groups in total. The fourth-order valence-electron chi connectivity index (χ4n) is 1.02. The number of nitrogens with two attached hydrogens (primary N) is 1. The Morgan fingerprint density at radius 1 is 1.56 bits per heavy atom. The van der Waals surface area contributed by atoms with Crippen molar-refractivity contribution >= 4 is 17.3 Å². The van der Waals surface area contributed by atoms with E-state index in [1.54, 1.807) is 13.8 Å². The van der Waals surface area contributed by atoms with Gasteiger partial charge in [0.2, 0.25) is 0 Å². The van der Waals surface area contributed by atoms with Crippen LogP contribution in [0.2, 0.25) is 5.02 Å². The fourth-order valence-corrected chi connectivity index (χ4v) is 1.18. The third-order valence-electron chi connectivity index (χ3n) is 1.72. The minimum Gasteiger partial charge on any atom is -0.485 e. The molecule has 0 heterocycles. The van der Waals surface area contributed by atoms with Crippen LogP contribution in [0.1, 0.15) is 13.8 Å². The molecule has 0 fully saturated rings. The smallest absolute Gasteiger partial charge is 0.311 e. The van der Waals surface area contributed by atoms with Gasteiger partial charge in [0.1, 0.15) is 6.61 Å². The van der Waals surface area contributed by atoms with Gasteiger partial charge in [0.15, 0.2) is 5.75 Å². The molecule has 0 saturated heterocycles. The molecular weight excluding hydrogens is 232 g/mol. The molecule has 1 rings (SSSR count). The summed E-state index contributed by atoms with van der Waals surface area (Å²) in [7, 11) is 0. The highest BCUT2D eigenvalue weighted by Crippen LogP contribution is 2.30. The lowest BCUT2D eigenvalue weighted by molar-refractivity contribution is -0.385. The van der Waals surface area contributed by atoms with Crippen molar-refractivity contribution in [2.75, 3.05) is 6.61 Å². The zero-order valence-corrected chi connectivity index (χ0v) is 9.82. The maximum Gasteiger partial charge on any atom is 0.311 e. The van der Waals surface area contributed by atoms with Gasteiger partial charge in [-0.05, 0) is 19.9 Å². The van der Waals surface area contributed by atoms with Gasteiger partial charge in [-0.15, -0.1) is 0 Å². The summed E-state index contributed by atoms with van der Waals surface area (Å²) in [6, 6.07) is 4.16. The number of rotatable bonds is 4. The van der Waals surface area contributed by atoms with E-state index in [0.717, 1.165) is 0 Å². The normalized spacial score (nSPS) is 11.2. The Balaban J connectivity index is 2.93. The molecule has 0 unspecified atom stereocenters. The Hall–Kier alpha value is -1.33. The molecule has 0 aromatic heterocycles. The quantitative estimate of drug-likeness (QED) is 0.651. The first-order valence-electron chi connectivity index (χ1n) is 4.65. The van der Waals surface area contributed by atoms with Crippen LogP contribution < -0.4 is 10.5 Å². The molecule has 88 valence electrons. The maximum absolute atomic E-state index is 10.7. The third-order valence-corrected chi connectivity index (χ3v) is 1.95. The Bertz CT molecular complexity index is 402. The summed E-state index contributed by atoms with van der Waals surface area (Å²) in [4.78, 5) is 10.2. The number of benzene rings is 1. The first-order chi connectivity index (χ1) is 7.29. The summed E-state index contributed by atoms with van der Waals surface area (Å²) >= 11 is 5.74. The van der Waals surface area contributed by atoms with Gasteiger partial charge in [0, 0.05) is 22.7 Å². The van der Waals surface area contributed by atoms with E-state index in [2.05, 4.69) is 0 Å². The molecule has 6 heteroatoms. The molecule has 0 amide bonds. The van der Waals surface area contributed by atoms with Crippen molar-refractivity contribution in [1.29, 1.82) is 0 Å². The topological polar surface area (TPSA) is 78.4 Å². The first kappa shape index (κ1) is 12.7. The Labute approximate surface area is 98.3 Å². The number of hydrogen-bond donors (Lipinski definition) is 1. The van der Waals surface area contributed by atoms with Gasteiger partial charge in [-0.1, -0.05) is 11.6 Å². The Morgan fingerprint density at radius 3 is 2.69 bits per heavy atom. The number of ether oxygens (including phenoxy) is 1. The molecule has 1 aromatic rings. The van der Waals surface area contributed by atoms with Crippen molar-refractivity contribution in [1.82, 2.24) is 0 Å². The number of nitrogens with zero attached hydrogens (tertiary/aromatic N) is 1. The Kier molecular flexibility index (Phi) is 3.72. The van der Waals surface area contributed by atoms with Gasteiger partial charge in [0.25, 0.3) is 0 Å². The van der Waals surface area contributed by atoms with Crippen LogP contribution in [0.25, 0.3) is 0 Å². The van der Waals surface area contributed by atoms with Crippen molar-refractivity contribution in [3.8, 4) is 5.75 Å². The van der Waals surface area contributed by atoms with Crippen molar-refractivity contribution < 1.29 is 9.66 Å². The molecule has 16 heavy (non-hydrogen) atoms. The van der Waals surface area contributed by atoms with Crippen LogP contribution in [0, 0.1) is 10.1 Å². The zero-order chi connectivity index (χ0) is 12.3. The molecule has 5 nitrogen and oxygen atoms in total. The molecule has 1 aromatic carbocycles. The van der Waals surface area contributed by atoms with Crippen molar-refractivity contribution in [2.45, 2.75) is 19.4 Å². The van der Waals surface area contributed by atoms with Gasteiger partial charge in [-0.3, -0.25) is 10.1 Å². The lowest BCUT2D eigenvalue weighted by Crippen LogP contribution is -2.38. The van der Waals surface area contributed by atoms with Gasteiger partial charge >= 0.3 is 5.69 Å². The van der Waals surface area contributed by atoms with Crippen LogP contribution in [-0.4, -0.2) is 17.1 Å². The van der Waals surface area contributed by atoms with Gasteiger partial charge in [0.05, 0.1) is 4.92 Å². The van der Waals surface area contributed by atoms with E-state index in [1.165, 1.54) is 18.2 Å². The summed E-state index contributed by atoms with van der Waals surface area (Å²) < 4.78 is 5.29. The number of nitro benzene ring substituents is 1. The molecule has 0 radical (unpaired) electrons. The summed E-state index contributed by atoms with van der Waals surface area (Å²) in [6.07, 6.45) is 0. The van der Waals surface area contributed by atoms with E-state index in [-0.39, 0.29) is 18.0 Å². The number of halogens is 1. The largest absolute Gasteiger partial charge is 0.485 e. The van der Waals surface area contributed by atoms with E-state index in [4.69, 9.17) is 22.1 Å². The predicted octanol–water partition coefficient (Wildman–Crippen LogP) is 2.36. The van der Waals surface area contributed by atoms with Gasteiger partial charge < -0.3 is 10.5 Å². The highest BCUT2D eigenvalue weighted by molar-refractivity contribution is 6.30. The number of nitro groups is 1. The monoisotopic (exact) mass is 244 g/mol. The molecule has 0 bridgehead atoms. The Morgan fingerprint density at radius 2 is 2.19 bits per heavy atom. The average molecular weight is 245 g/mol. The van der Waals surface area contributed by atoms with Gasteiger partial charge in [-0.2, -0.15) is 0 Å². The minimum atomic E-state index is -0.559. The standard InChI is InChI=1S/C10H13ClN2O3/c1-10(2,12)6-16-9-5-7(11)3-4-8(9)13(14)15/h3-5H,6,12H2,1-2H3. The van der Waals surface area contributed by atoms with E-state index in [9.17, 15) is 10.1 Å². The second-order valence-corrected chi connectivity index (χ2v) is 4.58. The highest BCUT2D eigenvalue weighted by atomic mass is 35.5. The van der Waals surface area contributed by atoms with Crippen LogP contribution >= 0.6 is 11.6 Å². The zero-order valence-electron chi connectivity index (χ0n) is 9.07. The van der Waals surface area contributed by atoms with Crippen molar-refractivity contribution in [2.24, 2.45) is 5.73 Å². The van der Waals surface area contributed by atoms with Crippen LogP contribution in [0.15, 0.2) is 18.2 Å². The lowest BCUT2D eigenvalue weighted by atomic mass is 10.1. The SMILES string of the molecule is CC(C)(N)COc1cc(Cl)ccc1[N+](=O)[O-]. The minimum absolute atomic E-state index is 0.117. The van der Waals surface area contributed by atoms with E-state index < -0.39 is 10.5 Å². The summed E-state index contributed by atoms with van der Waals surface area (Å²) in [5.74, 6) is 0.135. The first-order valence-corrected chi connectivity index (χ1v) is 5.03.